The van der Waals surface area contributed by atoms with Crippen molar-refractivity contribution in [2.45, 2.75) is 13.0 Å². The van der Waals surface area contributed by atoms with Crippen molar-refractivity contribution < 1.29 is 13.9 Å². The third-order valence-electron chi connectivity index (χ3n) is 1.65. The van der Waals surface area contributed by atoms with Crippen LogP contribution in [0.5, 0.6) is 5.75 Å². The highest BCUT2D eigenvalue weighted by atomic mass is 19.3. The molecule has 0 atom stereocenters. The third-order valence-corrected chi connectivity index (χ3v) is 1.65. The van der Waals surface area contributed by atoms with Gasteiger partial charge in [-0.2, -0.15) is 0 Å². The highest BCUT2D eigenvalue weighted by Crippen LogP contribution is 2.30. The summed E-state index contributed by atoms with van der Waals surface area (Å²) in [6.45, 7) is -0.0973. The van der Waals surface area contributed by atoms with E-state index in [0.717, 1.165) is 6.20 Å². The second-order valence-corrected chi connectivity index (χ2v) is 2.43. The molecule has 0 aromatic carbocycles. The highest BCUT2D eigenvalue weighted by Gasteiger charge is 2.17. The van der Waals surface area contributed by atoms with Gasteiger partial charge < -0.3 is 16.6 Å². The number of alkyl halides is 2. The minimum Gasteiger partial charge on any atom is -0.506 e. The van der Waals surface area contributed by atoms with Crippen LogP contribution in [0.25, 0.3) is 0 Å². The maximum Gasteiger partial charge on any atom is 0.282 e. The summed E-state index contributed by atoms with van der Waals surface area (Å²) >= 11 is 0. The van der Waals surface area contributed by atoms with Gasteiger partial charge in [0.25, 0.3) is 6.43 Å². The van der Waals surface area contributed by atoms with Crippen LogP contribution in [0.2, 0.25) is 0 Å². The number of aromatic hydroxyl groups is 1. The van der Waals surface area contributed by atoms with E-state index < -0.39 is 12.1 Å². The Balaban J connectivity index is 3.27. The summed E-state index contributed by atoms with van der Waals surface area (Å²) in [6.07, 6.45) is -1.84. The van der Waals surface area contributed by atoms with Crippen LogP contribution in [-0.2, 0) is 6.54 Å². The lowest BCUT2D eigenvalue weighted by molar-refractivity contribution is 0.147. The molecule has 0 amide bonds. The first-order valence-electron chi connectivity index (χ1n) is 3.52. The van der Waals surface area contributed by atoms with E-state index in [0.29, 0.717) is 0 Å². The molecule has 13 heavy (non-hydrogen) atoms. The van der Waals surface area contributed by atoms with Gasteiger partial charge in [-0.05, 0) is 0 Å². The molecule has 6 heteroatoms. The zero-order valence-electron chi connectivity index (χ0n) is 6.67. The molecule has 0 aliphatic rings. The van der Waals surface area contributed by atoms with Gasteiger partial charge in [0.2, 0.25) is 0 Å². The van der Waals surface area contributed by atoms with Gasteiger partial charge in [-0.3, -0.25) is 0 Å². The van der Waals surface area contributed by atoms with Crippen LogP contribution in [0.15, 0.2) is 6.20 Å². The molecule has 0 aliphatic heterocycles. The van der Waals surface area contributed by atoms with Gasteiger partial charge in [0.15, 0.2) is 0 Å². The van der Waals surface area contributed by atoms with Crippen molar-refractivity contribution in [1.29, 1.82) is 0 Å². The van der Waals surface area contributed by atoms with Crippen LogP contribution in [0.4, 0.5) is 14.5 Å². The SMILES string of the molecule is NCc1c(O)cnc(C(F)F)c1N. The molecule has 1 heterocycles. The normalized spacial score (nSPS) is 10.8. The molecule has 1 aromatic heterocycles. The number of aromatic nitrogens is 1. The molecule has 1 aromatic rings. The number of rotatable bonds is 2. The number of hydrogen-bond donors (Lipinski definition) is 3. The Morgan fingerprint density at radius 2 is 2.15 bits per heavy atom. The van der Waals surface area contributed by atoms with Crippen LogP contribution in [0, 0.1) is 0 Å². The number of nitrogen functional groups attached to an aromatic ring is 1. The molecule has 1 rings (SSSR count). The topological polar surface area (TPSA) is 85.2 Å². The Bertz CT molecular complexity index is 317. The van der Waals surface area contributed by atoms with Gasteiger partial charge in [-0.15, -0.1) is 0 Å². The van der Waals surface area contributed by atoms with Gasteiger partial charge in [-0.25, -0.2) is 13.8 Å². The average molecular weight is 189 g/mol. The third kappa shape index (κ3) is 1.67. The molecule has 4 nitrogen and oxygen atoms in total. The van der Waals surface area contributed by atoms with E-state index in [1.807, 2.05) is 0 Å². The predicted octanol–water partition coefficient (Wildman–Crippen LogP) is 0.766. The van der Waals surface area contributed by atoms with Crippen molar-refractivity contribution in [3.05, 3.63) is 17.5 Å². The van der Waals surface area contributed by atoms with Gasteiger partial charge in [0.1, 0.15) is 11.4 Å². The summed E-state index contributed by atoms with van der Waals surface area (Å²) in [5.41, 5.74) is 9.84. The first-order chi connectivity index (χ1) is 6.07. The fraction of sp³-hybridized carbons (Fsp3) is 0.286. The quantitative estimate of drug-likeness (QED) is 0.641. The van der Waals surface area contributed by atoms with Crippen molar-refractivity contribution in [3.63, 3.8) is 0 Å². The predicted molar refractivity (Wildman–Crippen MR) is 43.2 cm³/mol. The fourth-order valence-electron chi connectivity index (χ4n) is 0.959. The van der Waals surface area contributed by atoms with Crippen molar-refractivity contribution >= 4 is 5.69 Å². The van der Waals surface area contributed by atoms with E-state index in [1.165, 1.54) is 0 Å². The van der Waals surface area contributed by atoms with E-state index in [9.17, 15) is 8.78 Å². The number of anilines is 1. The minimum atomic E-state index is -2.76. The largest absolute Gasteiger partial charge is 0.506 e. The first kappa shape index (κ1) is 9.66. The van der Waals surface area contributed by atoms with E-state index >= 15 is 0 Å². The monoisotopic (exact) mass is 189 g/mol. The van der Waals surface area contributed by atoms with Gasteiger partial charge in [0, 0.05) is 12.1 Å². The highest BCUT2D eigenvalue weighted by molar-refractivity contribution is 5.56. The molecule has 0 fully saturated rings. The van der Waals surface area contributed by atoms with Gasteiger partial charge in [-0.1, -0.05) is 0 Å². The molecule has 0 saturated carbocycles. The minimum absolute atomic E-state index is 0.0973. The Morgan fingerprint density at radius 3 is 2.62 bits per heavy atom. The van der Waals surface area contributed by atoms with Crippen LogP contribution < -0.4 is 11.5 Å². The number of halogens is 2. The van der Waals surface area contributed by atoms with Crippen molar-refractivity contribution in [2.24, 2.45) is 5.73 Å². The number of pyridine rings is 1. The standard InChI is InChI=1S/C7H9F2N3O/c8-7(9)6-5(11)3(1-10)4(13)2-12-6/h2,7,13H,1,10-11H2. The van der Waals surface area contributed by atoms with Gasteiger partial charge >= 0.3 is 0 Å². The van der Waals surface area contributed by atoms with Crippen molar-refractivity contribution in [1.82, 2.24) is 4.98 Å². The van der Waals surface area contributed by atoms with Crippen LogP contribution in [-0.4, -0.2) is 10.1 Å². The maximum absolute atomic E-state index is 12.2. The van der Waals surface area contributed by atoms with E-state index in [2.05, 4.69) is 4.98 Å². The first-order valence-corrected chi connectivity index (χ1v) is 3.52. The number of hydrogen-bond acceptors (Lipinski definition) is 4. The van der Waals surface area contributed by atoms with Crippen LogP contribution in [0.1, 0.15) is 17.7 Å². The Hall–Kier alpha value is -1.43. The van der Waals surface area contributed by atoms with Gasteiger partial charge in [0.05, 0.1) is 11.9 Å². The molecule has 0 bridgehead atoms. The molecular formula is C7H9F2N3O. The molecule has 0 aliphatic carbocycles. The molecular weight excluding hydrogens is 180 g/mol. The lowest BCUT2D eigenvalue weighted by Gasteiger charge is -2.09. The molecule has 0 unspecified atom stereocenters. The van der Waals surface area contributed by atoms with Crippen molar-refractivity contribution in [3.8, 4) is 5.75 Å². The summed E-state index contributed by atoms with van der Waals surface area (Å²) in [5.74, 6) is -0.260. The van der Waals surface area contributed by atoms with E-state index in [1.54, 1.807) is 0 Å². The summed E-state index contributed by atoms with van der Waals surface area (Å²) in [6, 6.07) is 0. The number of nitrogens with zero attached hydrogens (tertiary/aromatic N) is 1. The second kappa shape index (κ2) is 3.53. The van der Waals surface area contributed by atoms with Crippen LogP contribution in [0.3, 0.4) is 0 Å². The average Bonchev–Trinajstić information content (AvgIpc) is 2.04. The summed E-state index contributed by atoms with van der Waals surface area (Å²) in [5, 5.41) is 9.13. The summed E-state index contributed by atoms with van der Waals surface area (Å²) in [4.78, 5) is 3.31. The fourth-order valence-corrected chi connectivity index (χ4v) is 0.959. The van der Waals surface area contributed by atoms with Crippen LogP contribution >= 0.6 is 0 Å². The smallest absolute Gasteiger partial charge is 0.282 e. The second-order valence-electron chi connectivity index (χ2n) is 2.43. The molecule has 5 N–H and O–H groups in total. The summed E-state index contributed by atoms with van der Waals surface area (Å²) < 4.78 is 24.4. The molecule has 0 saturated heterocycles. The zero-order chi connectivity index (χ0) is 10.0. The Labute approximate surface area is 73.2 Å². The molecule has 0 radical (unpaired) electrons. The lowest BCUT2D eigenvalue weighted by atomic mass is 10.1. The van der Waals surface area contributed by atoms with E-state index in [4.69, 9.17) is 16.6 Å². The maximum atomic E-state index is 12.2. The zero-order valence-corrected chi connectivity index (χ0v) is 6.67. The summed E-state index contributed by atoms with van der Waals surface area (Å²) in [7, 11) is 0. The van der Waals surface area contributed by atoms with E-state index in [-0.39, 0.29) is 23.5 Å². The number of nitrogens with two attached hydrogens (primary N) is 2. The Kier molecular flexibility index (Phi) is 2.62. The van der Waals surface area contributed by atoms with Crippen molar-refractivity contribution in [2.75, 3.05) is 5.73 Å². The molecule has 72 valence electrons. The molecule has 0 spiro atoms. The Morgan fingerprint density at radius 1 is 1.54 bits per heavy atom. The lowest BCUT2D eigenvalue weighted by Crippen LogP contribution is -2.07.